The van der Waals surface area contributed by atoms with Gasteiger partial charge in [0.2, 0.25) is 0 Å². The highest BCUT2D eigenvalue weighted by molar-refractivity contribution is 5.45. The fourth-order valence-corrected chi connectivity index (χ4v) is 2.19. The highest BCUT2D eigenvalue weighted by Gasteiger charge is 2.26. The number of anilines is 1. The molecule has 0 radical (unpaired) electrons. The lowest BCUT2D eigenvalue weighted by atomic mass is 9.74. The van der Waals surface area contributed by atoms with E-state index in [0.717, 1.165) is 17.8 Å². The van der Waals surface area contributed by atoms with Gasteiger partial charge in [0.25, 0.3) is 0 Å². The van der Waals surface area contributed by atoms with Gasteiger partial charge in [-0.05, 0) is 42.7 Å². The zero-order valence-electron chi connectivity index (χ0n) is 9.83. The molecule has 0 aromatic heterocycles. The summed E-state index contributed by atoms with van der Waals surface area (Å²) in [7, 11) is 0. The van der Waals surface area contributed by atoms with Crippen molar-refractivity contribution in [3.63, 3.8) is 0 Å². The van der Waals surface area contributed by atoms with Crippen molar-refractivity contribution in [2.75, 3.05) is 5.73 Å². The molecule has 1 aliphatic rings. The van der Waals surface area contributed by atoms with Crippen molar-refractivity contribution < 1.29 is 0 Å². The number of rotatable bonds is 1. The van der Waals surface area contributed by atoms with E-state index in [-0.39, 0.29) is 5.41 Å². The summed E-state index contributed by atoms with van der Waals surface area (Å²) in [6.07, 6.45) is 5.16. The summed E-state index contributed by atoms with van der Waals surface area (Å²) in [4.78, 5) is 0. The van der Waals surface area contributed by atoms with Crippen LogP contribution in [0.15, 0.2) is 47.7 Å². The average molecular weight is 214 g/mol. The maximum atomic E-state index is 5.87. The summed E-state index contributed by atoms with van der Waals surface area (Å²) in [5.74, 6) is 0. The molecule has 0 heterocycles. The average Bonchev–Trinajstić information content (AvgIpc) is 2.25. The number of nitrogens with two attached hydrogens (primary N) is 2. The van der Waals surface area contributed by atoms with Crippen molar-refractivity contribution in [2.45, 2.75) is 25.7 Å². The number of benzene rings is 1. The zero-order chi connectivity index (χ0) is 11.8. The first-order valence-corrected chi connectivity index (χ1v) is 5.52. The quantitative estimate of drug-likeness (QED) is 0.706. The van der Waals surface area contributed by atoms with E-state index < -0.39 is 0 Å². The van der Waals surface area contributed by atoms with E-state index in [0.29, 0.717) is 0 Å². The standard InChI is InChI=1S/C14H18N2/c1-10-9-14(2,8-7-13(10)16)11-3-5-12(15)6-4-11/h3-8H,9,15-16H2,1-2H3. The van der Waals surface area contributed by atoms with Gasteiger partial charge in [-0.1, -0.05) is 25.1 Å². The Hall–Kier alpha value is -1.70. The number of hydrogen-bond donors (Lipinski definition) is 2. The van der Waals surface area contributed by atoms with E-state index in [4.69, 9.17) is 11.5 Å². The molecule has 1 atom stereocenters. The molecular weight excluding hydrogens is 196 g/mol. The Morgan fingerprint density at radius 2 is 1.75 bits per heavy atom. The van der Waals surface area contributed by atoms with E-state index in [9.17, 15) is 0 Å². The van der Waals surface area contributed by atoms with Crippen LogP contribution in [0.2, 0.25) is 0 Å². The molecule has 1 unspecified atom stereocenters. The van der Waals surface area contributed by atoms with E-state index in [1.165, 1.54) is 11.1 Å². The molecule has 0 saturated heterocycles. The fraction of sp³-hybridized carbons (Fsp3) is 0.286. The molecule has 84 valence electrons. The summed E-state index contributed by atoms with van der Waals surface area (Å²) in [5, 5.41) is 0. The van der Waals surface area contributed by atoms with Crippen LogP contribution >= 0.6 is 0 Å². The monoisotopic (exact) mass is 214 g/mol. The molecule has 1 aromatic rings. The van der Waals surface area contributed by atoms with Gasteiger partial charge in [-0.2, -0.15) is 0 Å². The van der Waals surface area contributed by atoms with E-state index in [1.54, 1.807) is 0 Å². The molecule has 1 aromatic carbocycles. The Kier molecular flexibility index (Phi) is 2.50. The van der Waals surface area contributed by atoms with Crippen LogP contribution in [-0.4, -0.2) is 0 Å². The van der Waals surface area contributed by atoms with Crippen molar-refractivity contribution in [3.05, 3.63) is 53.3 Å². The third-order valence-corrected chi connectivity index (χ3v) is 3.33. The molecule has 2 nitrogen and oxygen atoms in total. The van der Waals surface area contributed by atoms with E-state index in [1.807, 2.05) is 18.2 Å². The second kappa shape index (κ2) is 3.71. The Morgan fingerprint density at radius 3 is 2.31 bits per heavy atom. The molecule has 1 aliphatic carbocycles. The Balaban J connectivity index is 2.35. The van der Waals surface area contributed by atoms with Gasteiger partial charge in [0.15, 0.2) is 0 Å². The Morgan fingerprint density at radius 1 is 1.12 bits per heavy atom. The first-order chi connectivity index (χ1) is 7.51. The summed E-state index contributed by atoms with van der Waals surface area (Å²) in [6.45, 7) is 4.32. The highest BCUT2D eigenvalue weighted by atomic mass is 14.6. The van der Waals surface area contributed by atoms with Crippen LogP contribution < -0.4 is 11.5 Å². The molecular formula is C14H18N2. The molecule has 0 fully saturated rings. The lowest BCUT2D eigenvalue weighted by Crippen LogP contribution is -2.23. The molecule has 0 spiro atoms. The first-order valence-electron chi connectivity index (χ1n) is 5.52. The highest BCUT2D eigenvalue weighted by Crippen LogP contribution is 2.36. The molecule has 0 bridgehead atoms. The topological polar surface area (TPSA) is 52.0 Å². The van der Waals surface area contributed by atoms with Crippen LogP contribution in [-0.2, 0) is 5.41 Å². The lowest BCUT2D eigenvalue weighted by Gasteiger charge is -2.30. The van der Waals surface area contributed by atoms with Crippen LogP contribution in [0.4, 0.5) is 5.69 Å². The normalized spacial score (nSPS) is 24.9. The van der Waals surface area contributed by atoms with Crippen LogP contribution in [0, 0.1) is 0 Å². The van der Waals surface area contributed by atoms with Gasteiger partial charge >= 0.3 is 0 Å². The van der Waals surface area contributed by atoms with E-state index >= 15 is 0 Å². The van der Waals surface area contributed by atoms with Gasteiger partial charge in [0, 0.05) is 16.8 Å². The van der Waals surface area contributed by atoms with Gasteiger partial charge < -0.3 is 11.5 Å². The third-order valence-electron chi connectivity index (χ3n) is 3.33. The molecule has 0 aliphatic heterocycles. The summed E-state index contributed by atoms with van der Waals surface area (Å²) in [5.41, 5.74) is 15.9. The summed E-state index contributed by atoms with van der Waals surface area (Å²) >= 11 is 0. The second-order valence-electron chi connectivity index (χ2n) is 4.79. The van der Waals surface area contributed by atoms with Gasteiger partial charge in [0.1, 0.15) is 0 Å². The number of hydrogen-bond acceptors (Lipinski definition) is 2. The predicted octanol–water partition coefficient (Wildman–Crippen LogP) is 2.72. The van der Waals surface area contributed by atoms with Crippen molar-refractivity contribution in [2.24, 2.45) is 5.73 Å². The van der Waals surface area contributed by atoms with E-state index in [2.05, 4.69) is 32.1 Å². The number of nitrogen functional groups attached to an aromatic ring is 1. The molecule has 0 amide bonds. The SMILES string of the molecule is CC1=C(N)C=CC(C)(c2ccc(N)cc2)C1. The van der Waals surface area contributed by atoms with Crippen molar-refractivity contribution in [3.8, 4) is 0 Å². The van der Waals surface area contributed by atoms with Crippen LogP contribution in [0.25, 0.3) is 0 Å². The van der Waals surface area contributed by atoms with Gasteiger partial charge in [-0.3, -0.25) is 0 Å². The zero-order valence-corrected chi connectivity index (χ0v) is 9.83. The van der Waals surface area contributed by atoms with Crippen LogP contribution in [0.3, 0.4) is 0 Å². The Labute approximate surface area is 96.6 Å². The van der Waals surface area contributed by atoms with Crippen LogP contribution in [0.5, 0.6) is 0 Å². The first kappa shape index (κ1) is 10.8. The molecule has 4 N–H and O–H groups in total. The lowest BCUT2D eigenvalue weighted by molar-refractivity contribution is 0.576. The van der Waals surface area contributed by atoms with Gasteiger partial charge in [-0.15, -0.1) is 0 Å². The molecule has 16 heavy (non-hydrogen) atoms. The predicted molar refractivity (Wildman–Crippen MR) is 68.9 cm³/mol. The van der Waals surface area contributed by atoms with Crippen molar-refractivity contribution in [1.82, 2.24) is 0 Å². The minimum absolute atomic E-state index is 0.0423. The van der Waals surface area contributed by atoms with Crippen LogP contribution in [0.1, 0.15) is 25.8 Å². The molecule has 2 heteroatoms. The molecule has 2 rings (SSSR count). The summed E-state index contributed by atoms with van der Waals surface area (Å²) in [6, 6.07) is 8.08. The smallest absolute Gasteiger partial charge is 0.0314 e. The largest absolute Gasteiger partial charge is 0.399 e. The minimum Gasteiger partial charge on any atom is -0.399 e. The second-order valence-corrected chi connectivity index (χ2v) is 4.79. The maximum absolute atomic E-state index is 5.87. The maximum Gasteiger partial charge on any atom is 0.0314 e. The molecule has 0 saturated carbocycles. The minimum atomic E-state index is 0.0423. The third kappa shape index (κ3) is 1.83. The van der Waals surface area contributed by atoms with Gasteiger partial charge in [0.05, 0.1) is 0 Å². The Bertz CT molecular complexity index is 454. The van der Waals surface area contributed by atoms with Crippen molar-refractivity contribution in [1.29, 1.82) is 0 Å². The van der Waals surface area contributed by atoms with Gasteiger partial charge in [-0.25, -0.2) is 0 Å². The fourth-order valence-electron chi connectivity index (χ4n) is 2.19. The summed E-state index contributed by atoms with van der Waals surface area (Å²) < 4.78 is 0. The van der Waals surface area contributed by atoms with Crippen molar-refractivity contribution >= 4 is 5.69 Å². The number of allylic oxidation sites excluding steroid dienone is 3.